The number of aryl methyl sites for hydroxylation is 1. The number of methoxy groups -OCH3 is 1. The van der Waals surface area contributed by atoms with Gasteiger partial charge in [-0.25, -0.2) is 0 Å². The van der Waals surface area contributed by atoms with E-state index in [9.17, 15) is 0 Å². The predicted octanol–water partition coefficient (Wildman–Crippen LogP) is 0.427. The fraction of sp³-hybridized carbons (Fsp3) is 0.667. The van der Waals surface area contributed by atoms with Crippen molar-refractivity contribution in [3.63, 3.8) is 0 Å². The molecule has 78 valence electrons. The van der Waals surface area contributed by atoms with Gasteiger partial charge in [-0.1, -0.05) is 0 Å². The van der Waals surface area contributed by atoms with Gasteiger partial charge in [-0.2, -0.15) is 5.10 Å². The normalized spacial score (nSPS) is 15.9. The Labute approximate surface area is 83.4 Å². The van der Waals surface area contributed by atoms with Crippen LogP contribution in [0.4, 0.5) is 5.82 Å². The number of anilines is 1. The number of hydrogen-bond donors (Lipinski definition) is 2. The summed E-state index contributed by atoms with van der Waals surface area (Å²) in [4.78, 5) is 0. The molecule has 5 nitrogen and oxygen atoms in total. The second-order valence-corrected chi connectivity index (χ2v) is 3.33. The highest BCUT2D eigenvalue weighted by molar-refractivity contribution is 5.53. The fourth-order valence-corrected chi connectivity index (χ4v) is 1.78. The monoisotopic (exact) mass is 196 g/mol. The van der Waals surface area contributed by atoms with Gasteiger partial charge in [0.15, 0.2) is 11.6 Å². The maximum atomic E-state index is 5.34. The summed E-state index contributed by atoms with van der Waals surface area (Å²) < 4.78 is 7.36. The number of nitrogens with zero attached hydrogens (tertiary/aromatic N) is 2. The summed E-state index contributed by atoms with van der Waals surface area (Å²) in [5, 5.41) is 10.8. The zero-order valence-electron chi connectivity index (χ0n) is 8.63. The van der Waals surface area contributed by atoms with Crippen LogP contribution >= 0.6 is 0 Å². The molecule has 2 N–H and O–H groups in total. The van der Waals surface area contributed by atoms with Crippen LogP contribution in [0.5, 0.6) is 5.75 Å². The van der Waals surface area contributed by atoms with E-state index in [0.717, 1.165) is 43.3 Å². The van der Waals surface area contributed by atoms with Gasteiger partial charge >= 0.3 is 0 Å². The molecule has 0 amide bonds. The molecule has 0 spiro atoms. The first kappa shape index (κ1) is 9.33. The number of aromatic nitrogens is 2. The van der Waals surface area contributed by atoms with Crippen molar-refractivity contribution in [3.05, 3.63) is 5.69 Å². The Balaban J connectivity index is 2.40. The Bertz CT molecular complexity index is 321. The molecule has 2 rings (SSSR count). The van der Waals surface area contributed by atoms with Gasteiger partial charge in [-0.05, 0) is 13.0 Å². The lowest BCUT2D eigenvalue weighted by Gasteiger charge is -2.04. The van der Waals surface area contributed by atoms with Crippen LogP contribution in [0.3, 0.4) is 0 Å². The molecule has 5 heteroatoms. The van der Waals surface area contributed by atoms with Crippen molar-refractivity contribution in [2.24, 2.45) is 0 Å². The Hall–Kier alpha value is -1.23. The number of nitrogens with one attached hydrogen (secondary N) is 2. The molecule has 0 atom stereocenters. The topological polar surface area (TPSA) is 51.1 Å². The molecule has 0 saturated carbocycles. The van der Waals surface area contributed by atoms with E-state index in [2.05, 4.69) is 15.7 Å². The SMILES string of the molecule is CNc1nn2c(c1OC)CNCCC2. The van der Waals surface area contributed by atoms with E-state index in [4.69, 9.17) is 4.74 Å². The van der Waals surface area contributed by atoms with Gasteiger partial charge in [0.05, 0.1) is 12.8 Å². The van der Waals surface area contributed by atoms with Gasteiger partial charge in [-0.3, -0.25) is 4.68 Å². The van der Waals surface area contributed by atoms with Crippen LogP contribution in [0.15, 0.2) is 0 Å². The minimum Gasteiger partial charge on any atom is -0.491 e. The van der Waals surface area contributed by atoms with Gasteiger partial charge < -0.3 is 15.4 Å². The molecule has 2 heterocycles. The van der Waals surface area contributed by atoms with Crippen molar-refractivity contribution in [1.29, 1.82) is 0 Å². The largest absolute Gasteiger partial charge is 0.491 e. The molecule has 0 aromatic carbocycles. The maximum absolute atomic E-state index is 5.34. The van der Waals surface area contributed by atoms with Crippen molar-refractivity contribution < 1.29 is 4.74 Å². The Morgan fingerprint density at radius 1 is 1.57 bits per heavy atom. The standard InChI is InChI=1S/C9H16N4O/c1-10-9-8(14-2)7-6-11-4-3-5-13(7)12-9/h11H,3-6H2,1-2H3,(H,10,12). The molecule has 1 aliphatic heterocycles. The van der Waals surface area contributed by atoms with E-state index in [1.165, 1.54) is 0 Å². The summed E-state index contributed by atoms with van der Waals surface area (Å²) >= 11 is 0. The second-order valence-electron chi connectivity index (χ2n) is 3.33. The molecule has 0 radical (unpaired) electrons. The third-order valence-corrected chi connectivity index (χ3v) is 2.47. The fourth-order valence-electron chi connectivity index (χ4n) is 1.78. The third-order valence-electron chi connectivity index (χ3n) is 2.47. The number of fused-ring (bicyclic) bond motifs is 1. The van der Waals surface area contributed by atoms with Gasteiger partial charge in [0.25, 0.3) is 0 Å². The minimum atomic E-state index is 0.825. The molecule has 0 saturated heterocycles. The summed E-state index contributed by atoms with van der Waals surface area (Å²) in [6, 6.07) is 0. The first-order valence-corrected chi connectivity index (χ1v) is 4.89. The lowest BCUT2D eigenvalue weighted by Crippen LogP contribution is -2.12. The molecule has 14 heavy (non-hydrogen) atoms. The van der Waals surface area contributed by atoms with E-state index in [-0.39, 0.29) is 0 Å². The zero-order chi connectivity index (χ0) is 9.97. The highest BCUT2D eigenvalue weighted by Gasteiger charge is 2.18. The number of ether oxygens (including phenoxy) is 1. The van der Waals surface area contributed by atoms with E-state index in [1.807, 2.05) is 11.7 Å². The van der Waals surface area contributed by atoms with Gasteiger partial charge in [0, 0.05) is 20.1 Å². The molecule has 1 aromatic rings. The van der Waals surface area contributed by atoms with Crippen LogP contribution in [0.2, 0.25) is 0 Å². The van der Waals surface area contributed by atoms with Crippen LogP contribution in [0.25, 0.3) is 0 Å². The zero-order valence-corrected chi connectivity index (χ0v) is 8.63. The molecule has 0 unspecified atom stereocenters. The summed E-state index contributed by atoms with van der Waals surface area (Å²) in [7, 11) is 3.54. The van der Waals surface area contributed by atoms with Crippen LogP contribution in [-0.4, -0.2) is 30.5 Å². The third kappa shape index (κ3) is 1.43. The quantitative estimate of drug-likeness (QED) is 0.720. The van der Waals surface area contributed by atoms with E-state index in [1.54, 1.807) is 7.11 Å². The average Bonchev–Trinajstić information content (AvgIpc) is 2.39. The van der Waals surface area contributed by atoms with Crippen LogP contribution in [-0.2, 0) is 13.1 Å². The molecule has 0 aliphatic carbocycles. The van der Waals surface area contributed by atoms with Crippen molar-refractivity contribution >= 4 is 5.82 Å². The molecule has 1 aromatic heterocycles. The van der Waals surface area contributed by atoms with E-state index < -0.39 is 0 Å². The molecular weight excluding hydrogens is 180 g/mol. The van der Waals surface area contributed by atoms with Gasteiger partial charge in [0.2, 0.25) is 0 Å². The number of rotatable bonds is 2. The van der Waals surface area contributed by atoms with Crippen LogP contribution in [0, 0.1) is 0 Å². The van der Waals surface area contributed by atoms with E-state index in [0.29, 0.717) is 0 Å². The van der Waals surface area contributed by atoms with Crippen LogP contribution in [0.1, 0.15) is 12.1 Å². The first-order chi connectivity index (χ1) is 6.86. The summed E-state index contributed by atoms with van der Waals surface area (Å²) in [6.07, 6.45) is 1.11. The van der Waals surface area contributed by atoms with E-state index >= 15 is 0 Å². The Kier molecular flexibility index (Phi) is 2.58. The second kappa shape index (κ2) is 3.88. The van der Waals surface area contributed by atoms with Crippen LogP contribution < -0.4 is 15.4 Å². The molecule has 0 fully saturated rings. The highest BCUT2D eigenvalue weighted by atomic mass is 16.5. The highest BCUT2D eigenvalue weighted by Crippen LogP contribution is 2.28. The molecular formula is C9H16N4O. The Morgan fingerprint density at radius 2 is 2.43 bits per heavy atom. The lowest BCUT2D eigenvalue weighted by atomic mass is 10.3. The predicted molar refractivity (Wildman–Crippen MR) is 54.6 cm³/mol. The summed E-state index contributed by atoms with van der Waals surface area (Å²) in [5.74, 6) is 1.69. The summed E-state index contributed by atoms with van der Waals surface area (Å²) in [5.41, 5.74) is 1.13. The van der Waals surface area contributed by atoms with Gasteiger partial charge in [0.1, 0.15) is 0 Å². The first-order valence-electron chi connectivity index (χ1n) is 4.89. The van der Waals surface area contributed by atoms with Crippen molar-refractivity contribution in [2.75, 3.05) is 26.0 Å². The smallest absolute Gasteiger partial charge is 0.190 e. The number of hydrogen-bond acceptors (Lipinski definition) is 4. The van der Waals surface area contributed by atoms with Crippen molar-refractivity contribution in [2.45, 2.75) is 19.5 Å². The minimum absolute atomic E-state index is 0.825. The van der Waals surface area contributed by atoms with Gasteiger partial charge in [-0.15, -0.1) is 0 Å². The van der Waals surface area contributed by atoms with Crippen molar-refractivity contribution in [1.82, 2.24) is 15.1 Å². The molecule has 0 bridgehead atoms. The lowest BCUT2D eigenvalue weighted by molar-refractivity contribution is 0.408. The van der Waals surface area contributed by atoms with Crippen molar-refractivity contribution in [3.8, 4) is 5.75 Å². The average molecular weight is 196 g/mol. The Morgan fingerprint density at radius 3 is 3.14 bits per heavy atom. The maximum Gasteiger partial charge on any atom is 0.190 e. The summed E-state index contributed by atoms with van der Waals surface area (Å²) in [6.45, 7) is 2.83. The molecule has 1 aliphatic rings.